The molecule has 0 unspecified atom stereocenters. The van der Waals surface area contributed by atoms with E-state index >= 15 is 0 Å². The highest BCUT2D eigenvalue weighted by atomic mass is 19.4. The van der Waals surface area contributed by atoms with E-state index in [9.17, 15) is 27.9 Å². The molecular weight excluding hydrogens is 277 g/mol. The Kier molecular flexibility index (Phi) is 5.09. The Labute approximate surface area is 112 Å². The van der Waals surface area contributed by atoms with Crippen LogP contribution in [0.4, 0.5) is 13.2 Å². The second-order valence-corrected chi connectivity index (χ2v) is 3.92. The van der Waals surface area contributed by atoms with E-state index in [0.717, 1.165) is 24.3 Å². The quantitative estimate of drug-likeness (QED) is 0.713. The molecule has 5 nitrogen and oxygen atoms in total. The van der Waals surface area contributed by atoms with Gasteiger partial charge in [-0.25, -0.2) is 0 Å². The number of alkyl halides is 3. The molecule has 0 fully saturated rings. The molecule has 0 saturated heterocycles. The maximum Gasteiger partial charge on any atom is 0.416 e. The van der Waals surface area contributed by atoms with Gasteiger partial charge in [0.15, 0.2) is 0 Å². The first kappa shape index (κ1) is 16.0. The SMILES string of the molecule is CNC(=O)C(=O)NC[C@H](O)c1ccc(C(F)(F)F)cc1. The monoisotopic (exact) mass is 290 g/mol. The zero-order chi connectivity index (χ0) is 15.3. The van der Waals surface area contributed by atoms with Crippen molar-refractivity contribution >= 4 is 11.8 Å². The second-order valence-electron chi connectivity index (χ2n) is 3.92. The summed E-state index contributed by atoms with van der Waals surface area (Å²) >= 11 is 0. The van der Waals surface area contributed by atoms with Crippen molar-refractivity contribution in [3.8, 4) is 0 Å². The highest BCUT2D eigenvalue weighted by molar-refractivity contribution is 6.35. The molecule has 0 radical (unpaired) electrons. The molecule has 0 aliphatic carbocycles. The van der Waals surface area contributed by atoms with Gasteiger partial charge in [-0.1, -0.05) is 12.1 Å². The van der Waals surface area contributed by atoms with Crippen LogP contribution < -0.4 is 10.6 Å². The van der Waals surface area contributed by atoms with Crippen LogP contribution in [0.5, 0.6) is 0 Å². The number of benzene rings is 1. The number of carbonyl (C=O) groups is 2. The zero-order valence-electron chi connectivity index (χ0n) is 10.5. The predicted octanol–water partition coefficient (Wildman–Crippen LogP) is 0.601. The van der Waals surface area contributed by atoms with Crippen LogP contribution in [0.2, 0.25) is 0 Å². The van der Waals surface area contributed by atoms with Crippen molar-refractivity contribution in [2.24, 2.45) is 0 Å². The lowest BCUT2D eigenvalue weighted by atomic mass is 10.1. The van der Waals surface area contributed by atoms with Crippen molar-refractivity contribution in [1.29, 1.82) is 0 Å². The third kappa shape index (κ3) is 4.23. The van der Waals surface area contributed by atoms with Crippen LogP contribution in [0.15, 0.2) is 24.3 Å². The maximum absolute atomic E-state index is 12.3. The molecule has 0 bridgehead atoms. The maximum atomic E-state index is 12.3. The Morgan fingerprint density at radius 1 is 1.20 bits per heavy atom. The zero-order valence-corrected chi connectivity index (χ0v) is 10.5. The number of nitrogens with one attached hydrogen (secondary N) is 2. The number of aliphatic hydroxyl groups is 1. The Morgan fingerprint density at radius 3 is 2.20 bits per heavy atom. The Hall–Kier alpha value is -2.09. The van der Waals surface area contributed by atoms with Crippen molar-refractivity contribution in [2.75, 3.05) is 13.6 Å². The molecule has 0 aliphatic heterocycles. The van der Waals surface area contributed by atoms with Crippen LogP contribution in [-0.2, 0) is 15.8 Å². The first-order valence-electron chi connectivity index (χ1n) is 5.61. The van der Waals surface area contributed by atoms with Crippen LogP contribution in [0, 0.1) is 0 Å². The summed E-state index contributed by atoms with van der Waals surface area (Å²) in [4.78, 5) is 22.0. The van der Waals surface area contributed by atoms with Gasteiger partial charge in [-0.3, -0.25) is 9.59 Å². The van der Waals surface area contributed by atoms with Crippen molar-refractivity contribution in [3.63, 3.8) is 0 Å². The van der Waals surface area contributed by atoms with Crippen LogP contribution in [0.25, 0.3) is 0 Å². The summed E-state index contributed by atoms with van der Waals surface area (Å²) in [5.74, 6) is -1.80. The smallest absolute Gasteiger partial charge is 0.387 e. The molecule has 0 saturated carbocycles. The van der Waals surface area contributed by atoms with Crippen LogP contribution >= 0.6 is 0 Å². The molecule has 0 aromatic heterocycles. The summed E-state index contributed by atoms with van der Waals surface area (Å²) in [5.41, 5.74) is -0.627. The predicted molar refractivity (Wildman–Crippen MR) is 63.5 cm³/mol. The number of carbonyl (C=O) groups excluding carboxylic acids is 2. The minimum absolute atomic E-state index is 0.204. The molecule has 0 aliphatic rings. The lowest BCUT2D eigenvalue weighted by molar-refractivity contribution is -0.139. The van der Waals surface area contributed by atoms with Gasteiger partial charge in [0.1, 0.15) is 0 Å². The number of halogens is 3. The van der Waals surface area contributed by atoms with Crippen molar-refractivity contribution < 1.29 is 27.9 Å². The third-order valence-electron chi connectivity index (χ3n) is 2.51. The molecule has 1 rings (SSSR count). The van der Waals surface area contributed by atoms with E-state index in [-0.39, 0.29) is 12.1 Å². The van der Waals surface area contributed by atoms with Crippen LogP contribution in [0.3, 0.4) is 0 Å². The van der Waals surface area contributed by atoms with E-state index in [1.165, 1.54) is 7.05 Å². The number of likely N-dealkylation sites (N-methyl/N-ethyl adjacent to an activating group) is 1. The Balaban J connectivity index is 2.62. The summed E-state index contributed by atoms with van der Waals surface area (Å²) < 4.78 is 37.0. The van der Waals surface area contributed by atoms with E-state index in [1.54, 1.807) is 0 Å². The molecule has 0 heterocycles. The van der Waals surface area contributed by atoms with Crippen molar-refractivity contribution in [2.45, 2.75) is 12.3 Å². The van der Waals surface area contributed by atoms with E-state index in [2.05, 4.69) is 10.6 Å². The summed E-state index contributed by atoms with van der Waals surface area (Å²) in [6, 6.07) is 3.89. The largest absolute Gasteiger partial charge is 0.416 e. The summed E-state index contributed by atoms with van der Waals surface area (Å²) in [6.45, 7) is -0.280. The standard InChI is InChI=1S/C12H13F3N2O3/c1-16-10(19)11(20)17-6-9(18)7-2-4-8(5-3-7)12(13,14)15/h2-5,9,18H,6H2,1H3,(H,16,19)(H,17,20)/t9-/m0/s1. The molecule has 3 N–H and O–H groups in total. The van der Waals surface area contributed by atoms with Gasteiger partial charge < -0.3 is 15.7 Å². The minimum Gasteiger partial charge on any atom is -0.387 e. The molecule has 2 amide bonds. The molecule has 0 spiro atoms. The first-order chi connectivity index (χ1) is 9.25. The number of aliphatic hydroxyl groups excluding tert-OH is 1. The molecule has 110 valence electrons. The average Bonchev–Trinajstić information content (AvgIpc) is 2.42. The van der Waals surface area contributed by atoms with E-state index in [1.807, 2.05) is 0 Å². The normalized spacial score (nSPS) is 12.7. The summed E-state index contributed by atoms with van der Waals surface area (Å²) in [6.07, 6.45) is -5.65. The second kappa shape index (κ2) is 6.38. The number of hydrogen-bond donors (Lipinski definition) is 3. The Bertz CT molecular complexity index is 486. The van der Waals surface area contributed by atoms with Gasteiger partial charge in [0, 0.05) is 13.6 Å². The fourth-order valence-corrected chi connectivity index (χ4v) is 1.40. The summed E-state index contributed by atoms with van der Waals surface area (Å²) in [5, 5.41) is 13.9. The third-order valence-corrected chi connectivity index (χ3v) is 2.51. The molecule has 1 atom stereocenters. The molecule has 1 aromatic rings. The van der Waals surface area contributed by atoms with Gasteiger partial charge in [0.05, 0.1) is 11.7 Å². The first-order valence-corrected chi connectivity index (χ1v) is 5.61. The summed E-state index contributed by atoms with van der Waals surface area (Å²) in [7, 11) is 1.27. The van der Waals surface area contributed by atoms with Crippen LogP contribution in [0.1, 0.15) is 17.2 Å². The van der Waals surface area contributed by atoms with Gasteiger partial charge in [-0.2, -0.15) is 13.2 Å². The number of amides is 2. The number of rotatable bonds is 3. The van der Waals surface area contributed by atoms with Gasteiger partial charge in [0.2, 0.25) is 0 Å². The lowest BCUT2D eigenvalue weighted by Crippen LogP contribution is -2.39. The van der Waals surface area contributed by atoms with Crippen molar-refractivity contribution in [3.05, 3.63) is 35.4 Å². The molecule has 20 heavy (non-hydrogen) atoms. The van der Waals surface area contributed by atoms with Gasteiger partial charge in [-0.05, 0) is 17.7 Å². The Morgan fingerprint density at radius 2 is 1.75 bits per heavy atom. The fourth-order valence-electron chi connectivity index (χ4n) is 1.40. The van der Waals surface area contributed by atoms with E-state index < -0.39 is 29.7 Å². The molecular formula is C12H13F3N2O3. The highest BCUT2D eigenvalue weighted by Gasteiger charge is 2.30. The fraction of sp³-hybridized carbons (Fsp3) is 0.333. The minimum atomic E-state index is -4.45. The van der Waals surface area contributed by atoms with E-state index in [4.69, 9.17) is 0 Å². The van der Waals surface area contributed by atoms with Crippen LogP contribution in [-0.4, -0.2) is 30.5 Å². The highest BCUT2D eigenvalue weighted by Crippen LogP contribution is 2.29. The topological polar surface area (TPSA) is 78.4 Å². The number of hydrogen-bond acceptors (Lipinski definition) is 3. The molecule has 1 aromatic carbocycles. The van der Waals surface area contributed by atoms with Crippen molar-refractivity contribution in [1.82, 2.24) is 10.6 Å². The average molecular weight is 290 g/mol. The molecule has 8 heteroatoms. The van der Waals surface area contributed by atoms with E-state index in [0.29, 0.717) is 0 Å². The van der Waals surface area contributed by atoms with Gasteiger partial charge in [-0.15, -0.1) is 0 Å². The van der Waals surface area contributed by atoms with Gasteiger partial charge in [0.25, 0.3) is 0 Å². The lowest BCUT2D eigenvalue weighted by Gasteiger charge is -2.13. The van der Waals surface area contributed by atoms with Gasteiger partial charge >= 0.3 is 18.0 Å².